The minimum absolute atomic E-state index is 0.0488. The van der Waals surface area contributed by atoms with Crippen LogP contribution in [-0.4, -0.2) is 29.4 Å². The molecule has 0 unspecified atom stereocenters. The van der Waals surface area contributed by atoms with Crippen molar-refractivity contribution in [3.8, 4) is 0 Å². The van der Waals surface area contributed by atoms with Crippen LogP contribution < -0.4 is 0 Å². The van der Waals surface area contributed by atoms with E-state index < -0.39 is 12.5 Å². The molecule has 0 saturated carbocycles. The molecule has 1 fully saturated rings. The van der Waals surface area contributed by atoms with Crippen molar-refractivity contribution in [3.05, 3.63) is 35.9 Å². The number of hydrogen-bond acceptors (Lipinski definition) is 2. The highest BCUT2D eigenvalue weighted by Gasteiger charge is 2.40. The average molecular weight is 301 g/mol. The van der Waals surface area contributed by atoms with Crippen LogP contribution in [0.1, 0.15) is 45.2 Å². The zero-order valence-electron chi connectivity index (χ0n) is 12.7. The molecule has 118 valence electrons. The Morgan fingerprint density at radius 3 is 2.24 bits per heavy atom. The van der Waals surface area contributed by atoms with Gasteiger partial charge in [-0.05, 0) is 39.2 Å². The van der Waals surface area contributed by atoms with Crippen molar-refractivity contribution in [2.24, 2.45) is 0 Å². The van der Waals surface area contributed by atoms with Crippen LogP contribution in [0.4, 0.5) is 13.2 Å². The SMILES string of the molecule is CC(C)(C)N1CC[C@H](OC(F)(F)F)C[C@H]1c1ccccc1. The number of benzene rings is 1. The number of alkyl halides is 3. The molecule has 0 aromatic heterocycles. The van der Waals surface area contributed by atoms with Crippen LogP contribution in [0.3, 0.4) is 0 Å². The normalized spacial score (nSPS) is 25.0. The maximum atomic E-state index is 12.5. The van der Waals surface area contributed by atoms with Crippen molar-refractivity contribution in [2.45, 2.75) is 57.7 Å². The summed E-state index contributed by atoms with van der Waals surface area (Å²) in [5.41, 5.74) is 0.951. The van der Waals surface area contributed by atoms with E-state index in [0.717, 1.165) is 5.56 Å². The van der Waals surface area contributed by atoms with Crippen molar-refractivity contribution >= 4 is 0 Å². The summed E-state index contributed by atoms with van der Waals surface area (Å²) in [5.74, 6) is 0. The third-order valence-corrected chi connectivity index (χ3v) is 3.90. The quantitative estimate of drug-likeness (QED) is 0.796. The lowest BCUT2D eigenvalue weighted by Gasteiger charge is -2.47. The standard InChI is InChI=1S/C16H22F3NO/c1-15(2,3)20-10-9-13(21-16(17,18)19)11-14(20)12-7-5-4-6-8-12/h4-8,13-14H,9-11H2,1-3H3/t13-,14-/m0/s1. The molecule has 21 heavy (non-hydrogen) atoms. The fourth-order valence-electron chi connectivity index (χ4n) is 3.02. The number of halogens is 3. The van der Waals surface area contributed by atoms with Gasteiger partial charge in [0.05, 0.1) is 6.10 Å². The molecule has 0 radical (unpaired) electrons. The molecular weight excluding hydrogens is 279 g/mol. The molecule has 0 bridgehead atoms. The summed E-state index contributed by atoms with van der Waals surface area (Å²) in [5, 5.41) is 0. The van der Waals surface area contributed by atoms with Gasteiger partial charge in [0.1, 0.15) is 0 Å². The molecule has 0 amide bonds. The predicted molar refractivity (Wildman–Crippen MR) is 75.8 cm³/mol. The molecule has 1 aliphatic rings. The maximum Gasteiger partial charge on any atom is 0.522 e. The van der Waals surface area contributed by atoms with Gasteiger partial charge in [-0.15, -0.1) is 13.2 Å². The number of rotatable bonds is 2. The molecule has 1 heterocycles. The van der Waals surface area contributed by atoms with Gasteiger partial charge in [0.2, 0.25) is 0 Å². The molecule has 0 aliphatic carbocycles. The van der Waals surface area contributed by atoms with E-state index in [4.69, 9.17) is 0 Å². The van der Waals surface area contributed by atoms with E-state index in [1.165, 1.54) is 0 Å². The maximum absolute atomic E-state index is 12.5. The summed E-state index contributed by atoms with van der Waals surface area (Å²) in [7, 11) is 0. The number of nitrogens with zero attached hydrogens (tertiary/aromatic N) is 1. The second-order valence-corrected chi connectivity index (χ2v) is 6.50. The first-order valence-corrected chi connectivity index (χ1v) is 7.23. The zero-order chi connectivity index (χ0) is 15.7. The first-order chi connectivity index (χ1) is 9.67. The molecular formula is C16H22F3NO. The van der Waals surface area contributed by atoms with E-state index in [-0.39, 0.29) is 11.6 Å². The Hall–Kier alpha value is -1.07. The molecule has 0 N–H and O–H groups in total. The van der Waals surface area contributed by atoms with Crippen LogP contribution in [0.5, 0.6) is 0 Å². The molecule has 1 saturated heterocycles. The van der Waals surface area contributed by atoms with Crippen LogP contribution in [0, 0.1) is 0 Å². The third-order valence-electron chi connectivity index (χ3n) is 3.90. The smallest absolute Gasteiger partial charge is 0.291 e. The van der Waals surface area contributed by atoms with E-state index in [1.54, 1.807) is 0 Å². The van der Waals surface area contributed by atoms with Crippen molar-refractivity contribution in [1.29, 1.82) is 0 Å². The van der Waals surface area contributed by atoms with Crippen LogP contribution in [0.25, 0.3) is 0 Å². The molecule has 1 aromatic carbocycles. The summed E-state index contributed by atoms with van der Waals surface area (Å²) in [6.07, 6.45) is -4.56. The average Bonchev–Trinajstić information content (AvgIpc) is 2.36. The van der Waals surface area contributed by atoms with Crippen molar-refractivity contribution in [3.63, 3.8) is 0 Å². The predicted octanol–water partition coefficient (Wildman–Crippen LogP) is 4.53. The molecule has 2 rings (SSSR count). The van der Waals surface area contributed by atoms with Gasteiger partial charge in [0.25, 0.3) is 0 Å². The van der Waals surface area contributed by atoms with Crippen molar-refractivity contribution < 1.29 is 17.9 Å². The minimum atomic E-state index is -4.56. The third kappa shape index (κ3) is 4.45. The van der Waals surface area contributed by atoms with Gasteiger partial charge >= 0.3 is 6.36 Å². The first kappa shape index (κ1) is 16.3. The molecule has 0 spiro atoms. The highest BCUT2D eigenvalue weighted by atomic mass is 19.4. The molecule has 2 atom stereocenters. The van der Waals surface area contributed by atoms with Gasteiger partial charge in [-0.2, -0.15) is 0 Å². The van der Waals surface area contributed by atoms with E-state index in [1.807, 2.05) is 30.3 Å². The van der Waals surface area contributed by atoms with Gasteiger partial charge in [0.15, 0.2) is 0 Å². The monoisotopic (exact) mass is 301 g/mol. The fourth-order valence-corrected chi connectivity index (χ4v) is 3.02. The first-order valence-electron chi connectivity index (χ1n) is 7.23. The second-order valence-electron chi connectivity index (χ2n) is 6.50. The van der Waals surface area contributed by atoms with E-state index in [0.29, 0.717) is 19.4 Å². The molecule has 2 nitrogen and oxygen atoms in total. The summed E-state index contributed by atoms with van der Waals surface area (Å²) >= 11 is 0. The number of ether oxygens (including phenoxy) is 1. The summed E-state index contributed by atoms with van der Waals surface area (Å²) in [6, 6.07) is 9.65. The fraction of sp³-hybridized carbons (Fsp3) is 0.625. The van der Waals surface area contributed by atoms with Gasteiger partial charge in [-0.25, -0.2) is 0 Å². The van der Waals surface area contributed by atoms with Gasteiger partial charge < -0.3 is 0 Å². The van der Waals surface area contributed by atoms with Gasteiger partial charge in [0, 0.05) is 18.1 Å². The Balaban J connectivity index is 2.20. The lowest BCUT2D eigenvalue weighted by Crippen LogP contribution is -2.50. The van der Waals surface area contributed by atoms with Crippen LogP contribution in [-0.2, 0) is 4.74 Å². The Labute approximate surface area is 123 Å². The molecule has 1 aliphatic heterocycles. The minimum Gasteiger partial charge on any atom is -0.291 e. The molecule has 5 heteroatoms. The van der Waals surface area contributed by atoms with E-state index in [9.17, 15) is 13.2 Å². The van der Waals surface area contributed by atoms with E-state index in [2.05, 4.69) is 30.4 Å². The Morgan fingerprint density at radius 2 is 1.71 bits per heavy atom. The summed E-state index contributed by atoms with van der Waals surface area (Å²) in [6.45, 7) is 6.87. The van der Waals surface area contributed by atoms with Crippen molar-refractivity contribution in [2.75, 3.05) is 6.54 Å². The highest BCUT2D eigenvalue weighted by molar-refractivity contribution is 5.20. The van der Waals surface area contributed by atoms with Gasteiger partial charge in [-0.3, -0.25) is 9.64 Å². The topological polar surface area (TPSA) is 12.5 Å². The number of piperidine rings is 1. The summed E-state index contributed by atoms with van der Waals surface area (Å²) in [4.78, 5) is 2.26. The van der Waals surface area contributed by atoms with Crippen LogP contribution in [0.2, 0.25) is 0 Å². The van der Waals surface area contributed by atoms with E-state index >= 15 is 0 Å². The number of hydrogen-bond donors (Lipinski definition) is 0. The Bertz CT molecular complexity index is 453. The van der Waals surface area contributed by atoms with Crippen LogP contribution in [0.15, 0.2) is 30.3 Å². The largest absolute Gasteiger partial charge is 0.522 e. The highest BCUT2D eigenvalue weighted by Crippen LogP contribution is 2.38. The zero-order valence-corrected chi connectivity index (χ0v) is 12.7. The van der Waals surface area contributed by atoms with Crippen LogP contribution >= 0.6 is 0 Å². The Kier molecular flexibility index (Phi) is 4.63. The second kappa shape index (κ2) is 5.97. The van der Waals surface area contributed by atoms with Crippen molar-refractivity contribution in [1.82, 2.24) is 4.90 Å². The number of likely N-dealkylation sites (tertiary alicyclic amines) is 1. The lowest BCUT2D eigenvalue weighted by atomic mass is 9.89. The van der Waals surface area contributed by atoms with Gasteiger partial charge in [-0.1, -0.05) is 30.3 Å². The summed E-state index contributed by atoms with van der Waals surface area (Å²) < 4.78 is 41.7. The Morgan fingerprint density at radius 1 is 1.10 bits per heavy atom. The lowest BCUT2D eigenvalue weighted by molar-refractivity contribution is -0.347. The molecule has 1 aromatic rings.